The van der Waals surface area contributed by atoms with E-state index in [1.165, 1.54) is 10.8 Å². The molecule has 0 radical (unpaired) electrons. The molecule has 236 valence electrons. The Morgan fingerprint density at radius 2 is 0.721 bits per heavy atom. The Kier molecular flexibility index (Phi) is 34.4. The SMILES string of the molecule is C.C.CC.CC.CC.CC.CN=Nc1ccc(N=Nc2ccccc2)c2ccccc12.CO.c1ccc2ccccc2c1. The summed E-state index contributed by atoms with van der Waals surface area (Å²) in [7, 11) is 2.66. The van der Waals surface area contributed by atoms with Gasteiger partial charge in [0.25, 0.3) is 0 Å². The van der Waals surface area contributed by atoms with Gasteiger partial charge in [0.1, 0.15) is 0 Å². The molecule has 0 bridgehead atoms. The van der Waals surface area contributed by atoms with Crippen molar-refractivity contribution >= 4 is 38.6 Å². The van der Waals surface area contributed by atoms with Crippen LogP contribution >= 0.6 is 0 Å². The van der Waals surface area contributed by atoms with Gasteiger partial charge in [-0.25, -0.2) is 0 Å². The number of fused-ring (bicyclic) bond motifs is 2. The Morgan fingerprint density at radius 1 is 0.395 bits per heavy atom. The van der Waals surface area contributed by atoms with E-state index in [2.05, 4.69) is 69.0 Å². The van der Waals surface area contributed by atoms with Gasteiger partial charge in [0.15, 0.2) is 0 Å². The first kappa shape index (κ1) is 45.8. The highest BCUT2D eigenvalue weighted by Gasteiger charge is 2.04. The van der Waals surface area contributed by atoms with Crippen molar-refractivity contribution in [2.45, 2.75) is 70.2 Å². The highest BCUT2D eigenvalue weighted by molar-refractivity contribution is 5.99. The Morgan fingerprint density at radius 3 is 1.09 bits per heavy atom. The molecular weight excluding hydrogens is 528 g/mol. The Balaban J connectivity index is -0.000000293. The van der Waals surface area contributed by atoms with Crippen LogP contribution in [0.1, 0.15) is 70.2 Å². The van der Waals surface area contributed by atoms with Crippen LogP contribution < -0.4 is 0 Å². The first-order valence-electron chi connectivity index (χ1n) is 14.5. The zero-order valence-corrected chi connectivity index (χ0v) is 26.7. The topological polar surface area (TPSA) is 69.7 Å². The Labute approximate surface area is 263 Å². The van der Waals surface area contributed by atoms with Gasteiger partial charge in [0.05, 0.1) is 17.1 Å². The number of rotatable bonds is 3. The molecular formula is C38H58N4O. The minimum atomic E-state index is 0. The molecule has 0 aromatic heterocycles. The van der Waals surface area contributed by atoms with E-state index >= 15 is 0 Å². The van der Waals surface area contributed by atoms with Crippen molar-refractivity contribution in [1.29, 1.82) is 0 Å². The van der Waals surface area contributed by atoms with Crippen LogP contribution in [0.2, 0.25) is 0 Å². The van der Waals surface area contributed by atoms with Crippen LogP contribution in [-0.4, -0.2) is 19.3 Å². The van der Waals surface area contributed by atoms with Gasteiger partial charge in [-0.2, -0.15) is 15.3 Å². The largest absolute Gasteiger partial charge is 0.400 e. The van der Waals surface area contributed by atoms with Gasteiger partial charge in [-0.3, -0.25) is 0 Å². The van der Waals surface area contributed by atoms with Crippen molar-refractivity contribution in [3.63, 3.8) is 0 Å². The maximum Gasteiger partial charge on any atom is 0.0936 e. The third kappa shape index (κ3) is 16.7. The van der Waals surface area contributed by atoms with E-state index in [9.17, 15) is 0 Å². The molecule has 0 saturated heterocycles. The molecule has 0 aliphatic carbocycles. The average molecular weight is 587 g/mol. The highest BCUT2D eigenvalue weighted by atomic mass is 16.2. The molecule has 0 fully saturated rings. The summed E-state index contributed by atoms with van der Waals surface area (Å²) < 4.78 is 0. The summed E-state index contributed by atoms with van der Waals surface area (Å²) >= 11 is 0. The Bertz CT molecular complexity index is 1280. The molecule has 5 rings (SSSR count). The van der Waals surface area contributed by atoms with Crippen LogP contribution in [0.15, 0.2) is 136 Å². The summed E-state index contributed by atoms with van der Waals surface area (Å²) in [6.07, 6.45) is 0. The lowest BCUT2D eigenvalue weighted by atomic mass is 10.1. The molecule has 0 heterocycles. The minimum Gasteiger partial charge on any atom is -0.400 e. The second-order valence-electron chi connectivity index (χ2n) is 6.83. The number of nitrogens with zero attached hydrogens (tertiary/aromatic N) is 4. The number of benzene rings is 5. The fraction of sp³-hybridized carbons (Fsp3) is 0.316. The molecule has 0 spiro atoms. The molecule has 5 nitrogen and oxygen atoms in total. The minimum absolute atomic E-state index is 0. The first-order chi connectivity index (χ1) is 20.3. The van der Waals surface area contributed by atoms with Crippen LogP contribution in [0.25, 0.3) is 21.5 Å². The van der Waals surface area contributed by atoms with Gasteiger partial charge < -0.3 is 5.11 Å². The summed E-state index contributed by atoms with van der Waals surface area (Å²) in [5.41, 5.74) is 2.50. The maximum atomic E-state index is 7.00. The van der Waals surface area contributed by atoms with Gasteiger partial charge >= 0.3 is 0 Å². The number of azo groups is 2. The molecule has 0 atom stereocenters. The summed E-state index contributed by atoms with van der Waals surface area (Å²) in [6, 6.07) is 38.2. The van der Waals surface area contributed by atoms with Crippen molar-refractivity contribution in [2.75, 3.05) is 14.2 Å². The fourth-order valence-electron chi connectivity index (χ4n) is 3.29. The van der Waals surface area contributed by atoms with Crippen LogP contribution in [0.3, 0.4) is 0 Å². The number of aliphatic hydroxyl groups is 1. The van der Waals surface area contributed by atoms with Crippen LogP contribution in [-0.2, 0) is 0 Å². The summed E-state index contributed by atoms with van der Waals surface area (Å²) in [6.45, 7) is 16.0. The van der Waals surface area contributed by atoms with E-state index in [0.717, 1.165) is 34.9 Å². The second-order valence-corrected chi connectivity index (χ2v) is 6.83. The molecule has 0 amide bonds. The zero-order chi connectivity index (χ0) is 31.3. The molecule has 0 aliphatic rings. The predicted octanol–water partition coefficient (Wildman–Crippen LogP) is 13.8. The normalized spacial score (nSPS) is 8.72. The number of hydrogen-bond acceptors (Lipinski definition) is 5. The average Bonchev–Trinajstić information content (AvgIpc) is 3.10. The van der Waals surface area contributed by atoms with Gasteiger partial charge in [-0.05, 0) is 35.0 Å². The highest BCUT2D eigenvalue weighted by Crippen LogP contribution is 2.34. The molecule has 1 N–H and O–H groups in total. The third-order valence-electron chi connectivity index (χ3n) is 4.77. The molecule has 0 aliphatic heterocycles. The van der Waals surface area contributed by atoms with Gasteiger partial charge in [-0.15, -0.1) is 5.11 Å². The van der Waals surface area contributed by atoms with E-state index < -0.39 is 0 Å². The van der Waals surface area contributed by atoms with Gasteiger partial charge in [0, 0.05) is 24.9 Å². The number of hydrogen-bond donors (Lipinski definition) is 1. The quantitative estimate of drug-likeness (QED) is 0.210. The molecule has 0 unspecified atom stereocenters. The molecule has 5 heteroatoms. The van der Waals surface area contributed by atoms with Crippen molar-refractivity contribution in [2.24, 2.45) is 20.5 Å². The van der Waals surface area contributed by atoms with Gasteiger partial charge in [0.2, 0.25) is 0 Å². The van der Waals surface area contributed by atoms with E-state index in [1.54, 1.807) is 7.05 Å². The Hall–Kier alpha value is -4.22. The van der Waals surface area contributed by atoms with Crippen LogP contribution in [0.5, 0.6) is 0 Å². The fourth-order valence-corrected chi connectivity index (χ4v) is 3.29. The molecule has 5 aromatic rings. The van der Waals surface area contributed by atoms with E-state index in [-0.39, 0.29) is 14.9 Å². The van der Waals surface area contributed by atoms with Gasteiger partial charge in [-0.1, -0.05) is 161 Å². The number of aliphatic hydroxyl groups excluding tert-OH is 1. The van der Waals surface area contributed by atoms with Crippen LogP contribution in [0, 0.1) is 0 Å². The second kappa shape index (κ2) is 32.3. The van der Waals surface area contributed by atoms with Crippen molar-refractivity contribution in [3.05, 3.63) is 115 Å². The van der Waals surface area contributed by atoms with Crippen molar-refractivity contribution in [3.8, 4) is 0 Å². The molecule has 43 heavy (non-hydrogen) atoms. The zero-order valence-electron chi connectivity index (χ0n) is 26.7. The lowest BCUT2D eigenvalue weighted by Gasteiger charge is -2.03. The lowest BCUT2D eigenvalue weighted by molar-refractivity contribution is 0.399. The molecule has 5 aromatic carbocycles. The smallest absolute Gasteiger partial charge is 0.0936 e. The van der Waals surface area contributed by atoms with E-state index in [1.807, 2.05) is 122 Å². The lowest BCUT2D eigenvalue weighted by Crippen LogP contribution is -1.75. The monoisotopic (exact) mass is 586 g/mol. The summed E-state index contributed by atoms with van der Waals surface area (Å²) in [5.74, 6) is 0. The molecule has 0 saturated carbocycles. The standard InChI is InChI=1S/C17H14N4.C10H8.4C2H6.CH4O.2CH4/c1-18-20-16-11-12-17(15-10-6-5-9-14(15)16)21-19-13-7-3-2-4-8-13;1-2-6-10-8-4-3-7-9(10)5-1;5*1-2;;/h2-12H,1H3;1-8H;4*1-2H3;2H,1H3;2*1H4. The third-order valence-corrected chi connectivity index (χ3v) is 4.77. The first-order valence-corrected chi connectivity index (χ1v) is 14.5. The maximum absolute atomic E-state index is 7.00. The van der Waals surface area contributed by atoms with E-state index in [4.69, 9.17) is 5.11 Å². The van der Waals surface area contributed by atoms with E-state index in [0.29, 0.717) is 0 Å². The van der Waals surface area contributed by atoms with Crippen LogP contribution in [0.4, 0.5) is 17.1 Å². The summed E-state index contributed by atoms with van der Waals surface area (Å²) in [5, 5.41) is 28.3. The van der Waals surface area contributed by atoms with Crippen molar-refractivity contribution in [1.82, 2.24) is 0 Å². The predicted molar refractivity (Wildman–Crippen MR) is 196 cm³/mol. The van der Waals surface area contributed by atoms with Crippen molar-refractivity contribution < 1.29 is 5.11 Å². The summed E-state index contributed by atoms with van der Waals surface area (Å²) in [4.78, 5) is 0.